The second-order valence-corrected chi connectivity index (χ2v) is 8.72. The van der Waals surface area contributed by atoms with Crippen LogP contribution < -0.4 is 5.56 Å². The number of fused-ring (bicyclic) bond motifs is 3. The maximum Gasteiger partial charge on any atom is 0.259 e. The van der Waals surface area contributed by atoms with Crippen LogP contribution in [0.5, 0.6) is 0 Å². The van der Waals surface area contributed by atoms with E-state index in [4.69, 9.17) is 4.98 Å². The highest BCUT2D eigenvalue weighted by Gasteiger charge is 2.24. The van der Waals surface area contributed by atoms with E-state index in [2.05, 4.69) is 27.4 Å². The van der Waals surface area contributed by atoms with Crippen molar-refractivity contribution in [2.45, 2.75) is 43.5 Å². The molecule has 1 aliphatic carbocycles. The average molecular weight is 362 g/mol. The molecule has 0 saturated heterocycles. The fraction of sp³-hybridized carbons (Fsp3) is 0.533. The molecular weight excluding hydrogens is 344 g/mol. The number of tetrazole rings is 1. The molecule has 0 aromatic carbocycles. The zero-order valence-electron chi connectivity index (χ0n) is 13.7. The SMILES string of the molecule is C[C@H]1CCc2c(sc3nc([C@@H](C)Sc4nnnn4C)[nH]c(=O)c23)C1. The molecule has 3 heterocycles. The van der Waals surface area contributed by atoms with Crippen molar-refractivity contribution in [3.63, 3.8) is 0 Å². The number of thiophene rings is 1. The van der Waals surface area contributed by atoms with Gasteiger partial charge in [0.25, 0.3) is 5.56 Å². The van der Waals surface area contributed by atoms with Gasteiger partial charge in [0.05, 0.1) is 10.6 Å². The zero-order chi connectivity index (χ0) is 16.8. The Morgan fingerprint density at radius 1 is 1.46 bits per heavy atom. The highest BCUT2D eigenvalue weighted by molar-refractivity contribution is 7.99. The molecule has 126 valence electrons. The van der Waals surface area contributed by atoms with Gasteiger partial charge >= 0.3 is 0 Å². The lowest BCUT2D eigenvalue weighted by Gasteiger charge is -2.17. The lowest BCUT2D eigenvalue weighted by molar-refractivity contribution is 0.509. The number of nitrogens with one attached hydrogen (secondary N) is 1. The Morgan fingerprint density at radius 3 is 3.04 bits per heavy atom. The summed E-state index contributed by atoms with van der Waals surface area (Å²) in [5.74, 6) is 1.36. The molecule has 0 amide bonds. The first-order valence-corrected chi connectivity index (χ1v) is 9.66. The number of aromatic amines is 1. The molecule has 0 fully saturated rings. The highest BCUT2D eigenvalue weighted by Crippen LogP contribution is 2.37. The normalized spacial score (nSPS) is 18.7. The summed E-state index contributed by atoms with van der Waals surface area (Å²) in [6.07, 6.45) is 3.18. The van der Waals surface area contributed by atoms with Crippen molar-refractivity contribution in [3.05, 3.63) is 26.6 Å². The third-order valence-corrected chi connectivity index (χ3v) is 6.71. The molecule has 9 heteroatoms. The topological polar surface area (TPSA) is 89.3 Å². The van der Waals surface area contributed by atoms with Crippen LogP contribution in [0.15, 0.2) is 9.95 Å². The number of nitrogens with zero attached hydrogens (tertiary/aromatic N) is 5. The molecule has 0 aliphatic heterocycles. The van der Waals surface area contributed by atoms with Crippen molar-refractivity contribution < 1.29 is 0 Å². The van der Waals surface area contributed by atoms with E-state index in [-0.39, 0.29) is 10.8 Å². The van der Waals surface area contributed by atoms with E-state index in [0.29, 0.717) is 16.9 Å². The molecule has 2 atom stereocenters. The second-order valence-electron chi connectivity index (χ2n) is 6.33. The van der Waals surface area contributed by atoms with Crippen LogP contribution in [0.3, 0.4) is 0 Å². The maximum atomic E-state index is 12.6. The molecule has 1 aliphatic rings. The van der Waals surface area contributed by atoms with E-state index in [0.717, 1.165) is 29.5 Å². The number of H-pyrrole nitrogens is 1. The number of aromatic nitrogens is 6. The Bertz CT molecular complexity index is 959. The third kappa shape index (κ3) is 2.65. The quantitative estimate of drug-likeness (QED) is 0.720. The Hall–Kier alpha value is -1.74. The third-order valence-electron chi connectivity index (χ3n) is 4.43. The molecule has 0 unspecified atom stereocenters. The Labute approximate surface area is 146 Å². The average Bonchev–Trinajstić information content (AvgIpc) is 3.10. The van der Waals surface area contributed by atoms with Gasteiger partial charge in [0.15, 0.2) is 0 Å². The molecule has 1 N–H and O–H groups in total. The minimum atomic E-state index is -0.0372. The van der Waals surface area contributed by atoms with Crippen molar-refractivity contribution in [2.75, 3.05) is 0 Å². The monoisotopic (exact) mass is 362 g/mol. The van der Waals surface area contributed by atoms with Gasteiger partial charge < -0.3 is 4.98 Å². The first-order valence-electron chi connectivity index (χ1n) is 7.96. The summed E-state index contributed by atoms with van der Waals surface area (Å²) in [4.78, 5) is 22.5. The fourth-order valence-corrected chi connectivity index (χ4v) is 5.30. The number of hydrogen-bond donors (Lipinski definition) is 1. The van der Waals surface area contributed by atoms with Crippen molar-refractivity contribution in [1.29, 1.82) is 0 Å². The first kappa shape index (κ1) is 15.8. The minimum absolute atomic E-state index is 0.0226. The van der Waals surface area contributed by atoms with Gasteiger partial charge in [-0.2, -0.15) is 0 Å². The molecule has 3 aromatic heterocycles. The molecule has 0 saturated carbocycles. The molecule has 0 radical (unpaired) electrons. The van der Waals surface area contributed by atoms with Gasteiger partial charge in [-0.25, -0.2) is 9.67 Å². The summed E-state index contributed by atoms with van der Waals surface area (Å²) in [5.41, 5.74) is 1.19. The summed E-state index contributed by atoms with van der Waals surface area (Å²) < 4.78 is 1.61. The van der Waals surface area contributed by atoms with Gasteiger partial charge in [-0.15, -0.1) is 16.4 Å². The molecule has 0 bridgehead atoms. The summed E-state index contributed by atoms with van der Waals surface area (Å²) in [6.45, 7) is 4.27. The van der Waals surface area contributed by atoms with Gasteiger partial charge in [0.1, 0.15) is 10.7 Å². The smallest absolute Gasteiger partial charge is 0.259 e. The van der Waals surface area contributed by atoms with E-state index >= 15 is 0 Å². The lowest BCUT2D eigenvalue weighted by atomic mass is 9.89. The molecule has 7 nitrogen and oxygen atoms in total. The molecule has 4 rings (SSSR count). The minimum Gasteiger partial charge on any atom is -0.309 e. The van der Waals surface area contributed by atoms with Crippen LogP contribution in [0.1, 0.15) is 41.8 Å². The van der Waals surface area contributed by atoms with Crippen LogP contribution in [-0.4, -0.2) is 30.2 Å². The van der Waals surface area contributed by atoms with Crippen LogP contribution >= 0.6 is 23.1 Å². The fourth-order valence-electron chi connectivity index (χ4n) is 3.09. The summed E-state index contributed by atoms with van der Waals surface area (Å²) >= 11 is 3.16. The second kappa shape index (κ2) is 5.96. The predicted molar refractivity (Wildman–Crippen MR) is 94.5 cm³/mol. The Morgan fingerprint density at radius 2 is 2.29 bits per heavy atom. The van der Waals surface area contributed by atoms with Crippen LogP contribution in [0.4, 0.5) is 0 Å². The van der Waals surface area contributed by atoms with Crippen LogP contribution in [-0.2, 0) is 19.9 Å². The number of thioether (sulfide) groups is 1. The molecule has 24 heavy (non-hydrogen) atoms. The lowest BCUT2D eigenvalue weighted by Crippen LogP contribution is -2.15. The van der Waals surface area contributed by atoms with Crippen LogP contribution in [0.2, 0.25) is 0 Å². The largest absolute Gasteiger partial charge is 0.309 e. The Kier molecular flexibility index (Phi) is 3.92. The molecule has 3 aromatic rings. The van der Waals surface area contributed by atoms with E-state index in [9.17, 15) is 4.79 Å². The van der Waals surface area contributed by atoms with Crippen LogP contribution in [0, 0.1) is 5.92 Å². The number of aryl methyl sites for hydroxylation is 2. The van der Waals surface area contributed by atoms with Gasteiger partial charge in [-0.05, 0) is 48.1 Å². The first-order chi connectivity index (χ1) is 11.5. The highest BCUT2D eigenvalue weighted by atomic mass is 32.2. The van der Waals surface area contributed by atoms with Gasteiger partial charge in [0.2, 0.25) is 5.16 Å². The van der Waals surface area contributed by atoms with E-state index in [1.807, 2.05) is 6.92 Å². The van der Waals surface area contributed by atoms with Crippen LogP contribution in [0.25, 0.3) is 10.2 Å². The molecular formula is C15H18N6OS2. The molecule has 0 spiro atoms. The zero-order valence-corrected chi connectivity index (χ0v) is 15.4. The standard InChI is InChI=1S/C15H18N6OS2/c1-7-4-5-9-10(6-7)24-14-11(9)13(22)16-12(17-14)8(2)23-15-18-19-20-21(15)3/h7-8H,4-6H2,1-3H3,(H,16,17,22)/t7-,8+/m0/s1. The van der Waals surface area contributed by atoms with Crippen molar-refractivity contribution >= 4 is 33.3 Å². The predicted octanol–water partition coefficient (Wildman–Crippen LogP) is 2.49. The van der Waals surface area contributed by atoms with Crippen molar-refractivity contribution in [3.8, 4) is 0 Å². The van der Waals surface area contributed by atoms with E-state index in [1.165, 1.54) is 22.2 Å². The Balaban J connectivity index is 1.73. The summed E-state index contributed by atoms with van der Waals surface area (Å²) in [5, 5.41) is 12.9. The van der Waals surface area contributed by atoms with E-state index < -0.39 is 0 Å². The number of hydrogen-bond acceptors (Lipinski definition) is 7. The number of rotatable bonds is 3. The summed E-state index contributed by atoms with van der Waals surface area (Å²) in [6, 6.07) is 0. The van der Waals surface area contributed by atoms with Gasteiger partial charge in [-0.1, -0.05) is 18.7 Å². The van der Waals surface area contributed by atoms with Gasteiger partial charge in [0, 0.05) is 11.9 Å². The van der Waals surface area contributed by atoms with Crippen molar-refractivity contribution in [2.24, 2.45) is 13.0 Å². The maximum absolute atomic E-state index is 12.6. The van der Waals surface area contributed by atoms with Crippen molar-refractivity contribution in [1.82, 2.24) is 30.2 Å². The summed E-state index contributed by atoms with van der Waals surface area (Å²) in [7, 11) is 1.79. The van der Waals surface area contributed by atoms with Gasteiger partial charge in [-0.3, -0.25) is 4.79 Å². The van der Waals surface area contributed by atoms with E-state index in [1.54, 1.807) is 23.1 Å².